The van der Waals surface area contributed by atoms with Crippen molar-refractivity contribution in [3.05, 3.63) is 48.0 Å². The topological polar surface area (TPSA) is 79.9 Å². The first kappa shape index (κ1) is 22.4. The maximum absolute atomic E-state index is 13.2. The van der Waals surface area contributed by atoms with E-state index in [9.17, 15) is 22.8 Å². The largest absolute Gasteiger partial charge is 0.484 e. The number of carbonyl (C=O) groups excluding carboxylic acids is 2. The molecule has 7 nitrogen and oxygen atoms in total. The zero-order chi connectivity index (χ0) is 22.4. The molecule has 10 heteroatoms. The van der Waals surface area contributed by atoms with Gasteiger partial charge in [-0.15, -0.1) is 0 Å². The number of nitrogens with zero attached hydrogens (tertiary/aromatic N) is 1. The normalized spacial score (nSPS) is 14.1. The number of morpholine rings is 1. The van der Waals surface area contributed by atoms with Crippen molar-refractivity contribution in [1.82, 2.24) is 0 Å². The Morgan fingerprint density at radius 1 is 1.10 bits per heavy atom. The molecule has 1 fully saturated rings. The summed E-state index contributed by atoms with van der Waals surface area (Å²) in [6.45, 7) is 2.84. The Kier molecular flexibility index (Phi) is 7.01. The summed E-state index contributed by atoms with van der Waals surface area (Å²) >= 11 is 0. The minimum atomic E-state index is -4.54. The Labute approximate surface area is 177 Å². The second-order valence-electron chi connectivity index (χ2n) is 6.87. The standard InChI is InChI=1S/C21H22F3N3O4/c1-14(28)25-16-3-2-4-17(12-16)31-13-20(29)26-18-11-15(21(22,23)24)5-6-19(18)27-7-9-30-10-8-27/h2-6,11-12H,7-10,13H2,1H3,(H,25,28)(H,26,29). The van der Waals surface area contributed by atoms with Crippen LogP contribution in [0.2, 0.25) is 0 Å². The summed E-state index contributed by atoms with van der Waals surface area (Å²) in [4.78, 5) is 25.4. The van der Waals surface area contributed by atoms with Gasteiger partial charge in [0.15, 0.2) is 6.61 Å². The first-order valence-electron chi connectivity index (χ1n) is 9.56. The van der Waals surface area contributed by atoms with Crippen molar-refractivity contribution < 1.29 is 32.2 Å². The lowest BCUT2D eigenvalue weighted by Gasteiger charge is -2.31. The molecule has 1 aliphatic heterocycles. The van der Waals surface area contributed by atoms with Gasteiger partial charge in [0.05, 0.1) is 30.2 Å². The van der Waals surface area contributed by atoms with Crippen molar-refractivity contribution in [2.45, 2.75) is 13.1 Å². The molecule has 166 valence electrons. The van der Waals surface area contributed by atoms with E-state index in [-0.39, 0.29) is 11.6 Å². The summed E-state index contributed by atoms with van der Waals surface area (Å²) in [6, 6.07) is 9.69. The zero-order valence-electron chi connectivity index (χ0n) is 16.8. The van der Waals surface area contributed by atoms with Gasteiger partial charge >= 0.3 is 6.18 Å². The van der Waals surface area contributed by atoms with Crippen LogP contribution >= 0.6 is 0 Å². The van der Waals surface area contributed by atoms with Gasteiger partial charge in [-0.05, 0) is 30.3 Å². The minimum absolute atomic E-state index is 0.0531. The van der Waals surface area contributed by atoms with E-state index in [0.29, 0.717) is 43.4 Å². The van der Waals surface area contributed by atoms with Gasteiger partial charge in [0.1, 0.15) is 5.75 Å². The predicted molar refractivity (Wildman–Crippen MR) is 109 cm³/mol. The average molecular weight is 437 g/mol. The Bertz CT molecular complexity index is 944. The van der Waals surface area contributed by atoms with Crippen molar-refractivity contribution in [2.24, 2.45) is 0 Å². The van der Waals surface area contributed by atoms with Crippen LogP contribution in [0.4, 0.5) is 30.2 Å². The average Bonchev–Trinajstić information content (AvgIpc) is 2.72. The summed E-state index contributed by atoms with van der Waals surface area (Å²) < 4.78 is 50.2. The molecule has 1 saturated heterocycles. The van der Waals surface area contributed by atoms with E-state index in [4.69, 9.17) is 9.47 Å². The second kappa shape index (κ2) is 9.69. The molecule has 0 unspecified atom stereocenters. The van der Waals surface area contributed by atoms with Crippen molar-refractivity contribution in [1.29, 1.82) is 0 Å². The first-order chi connectivity index (χ1) is 14.7. The molecule has 0 radical (unpaired) electrons. The van der Waals surface area contributed by atoms with Gasteiger partial charge in [0.25, 0.3) is 5.91 Å². The zero-order valence-corrected chi connectivity index (χ0v) is 16.8. The fraction of sp³-hybridized carbons (Fsp3) is 0.333. The van der Waals surface area contributed by atoms with Gasteiger partial charge in [-0.25, -0.2) is 0 Å². The molecule has 0 spiro atoms. The fourth-order valence-corrected chi connectivity index (χ4v) is 3.09. The number of nitrogens with one attached hydrogen (secondary N) is 2. The van der Waals surface area contributed by atoms with Crippen molar-refractivity contribution in [3.8, 4) is 5.75 Å². The molecule has 0 saturated carbocycles. The molecule has 0 aromatic heterocycles. The molecule has 1 aliphatic rings. The van der Waals surface area contributed by atoms with Crippen LogP contribution < -0.4 is 20.3 Å². The highest BCUT2D eigenvalue weighted by atomic mass is 19.4. The van der Waals surface area contributed by atoms with Gasteiger partial charge in [-0.1, -0.05) is 6.07 Å². The molecule has 2 amide bonds. The van der Waals surface area contributed by atoms with Crippen LogP contribution in [-0.2, 0) is 20.5 Å². The summed E-state index contributed by atoms with van der Waals surface area (Å²) in [5.74, 6) is -0.535. The highest BCUT2D eigenvalue weighted by Crippen LogP contribution is 2.35. The molecule has 0 bridgehead atoms. The van der Waals surface area contributed by atoms with E-state index in [1.165, 1.54) is 19.1 Å². The number of hydrogen-bond donors (Lipinski definition) is 2. The quantitative estimate of drug-likeness (QED) is 0.723. The van der Waals surface area contributed by atoms with Gasteiger partial charge in [-0.3, -0.25) is 9.59 Å². The Morgan fingerprint density at radius 3 is 2.52 bits per heavy atom. The minimum Gasteiger partial charge on any atom is -0.484 e. The van der Waals surface area contributed by atoms with Crippen LogP contribution in [0.25, 0.3) is 0 Å². The Balaban J connectivity index is 1.72. The van der Waals surface area contributed by atoms with E-state index in [1.54, 1.807) is 18.2 Å². The summed E-state index contributed by atoms with van der Waals surface area (Å²) in [5.41, 5.74) is 0.177. The molecule has 2 N–H and O–H groups in total. The first-order valence-corrected chi connectivity index (χ1v) is 9.56. The third kappa shape index (κ3) is 6.35. The van der Waals surface area contributed by atoms with Gasteiger partial charge in [0, 0.05) is 31.8 Å². The summed E-state index contributed by atoms with van der Waals surface area (Å²) in [5, 5.41) is 5.12. The number of benzene rings is 2. The van der Waals surface area contributed by atoms with E-state index in [2.05, 4.69) is 10.6 Å². The van der Waals surface area contributed by atoms with Crippen molar-refractivity contribution in [2.75, 3.05) is 48.4 Å². The molecule has 0 atom stereocenters. The molecular weight excluding hydrogens is 415 g/mol. The van der Waals surface area contributed by atoms with Crippen LogP contribution in [0.15, 0.2) is 42.5 Å². The maximum Gasteiger partial charge on any atom is 0.416 e. The Hall–Kier alpha value is -3.27. The highest BCUT2D eigenvalue weighted by Gasteiger charge is 2.32. The van der Waals surface area contributed by atoms with Crippen LogP contribution in [0.3, 0.4) is 0 Å². The summed E-state index contributed by atoms with van der Waals surface area (Å²) in [6.07, 6.45) is -4.54. The third-order valence-corrected chi connectivity index (χ3v) is 4.47. The summed E-state index contributed by atoms with van der Waals surface area (Å²) in [7, 11) is 0. The molecule has 31 heavy (non-hydrogen) atoms. The molecule has 2 aromatic rings. The Morgan fingerprint density at radius 2 is 1.84 bits per heavy atom. The van der Waals surface area contributed by atoms with Crippen LogP contribution in [0.5, 0.6) is 5.75 Å². The SMILES string of the molecule is CC(=O)Nc1cccc(OCC(=O)Nc2cc(C(F)(F)F)ccc2N2CCOCC2)c1. The molecule has 0 aliphatic carbocycles. The monoisotopic (exact) mass is 437 g/mol. The lowest BCUT2D eigenvalue weighted by Crippen LogP contribution is -2.37. The van der Waals surface area contributed by atoms with E-state index in [1.807, 2.05) is 4.90 Å². The fourth-order valence-electron chi connectivity index (χ4n) is 3.09. The lowest BCUT2D eigenvalue weighted by atomic mass is 10.1. The third-order valence-electron chi connectivity index (χ3n) is 4.47. The lowest BCUT2D eigenvalue weighted by molar-refractivity contribution is -0.137. The number of amides is 2. The smallest absolute Gasteiger partial charge is 0.416 e. The molecule has 3 rings (SSSR count). The van der Waals surface area contributed by atoms with E-state index < -0.39 is 24.3 Å². The number of ether oxygens (including phenoxy) is 2. The van der Waals surface area contributed by atoms with Crippen LogP contribution in [-0.4, -0.2) is 44.7 Å². The number of rotatable bonds is 6. The van der Waals surface area contributed by atoms with Crippen molar-refractivity contribution in [3.63, 3.8) is 0 Å². The van der Waals surface area contributed by atoms with E-state index >= 15 is 0 Å². The molecule has 1 heterocycles. The number of carbonyl (C=O) groups is 2. The van der Waals surface area contributed by atoms with Crippen molar-refractivity contribution >= 4 is 28.9 Å². The van der Waals surface area contributed by atoms with Gasteiger partial charge in [-0.2, -0.15) is 13.2 Å². The van der Waals surface area contributed by atoms with Gasteiger partial charge < -0.3 is 25.0 Å². The highest BCUT2D eigenvalue weighted by molar-refractivity contribution is 5.95. The number of halogens is 3. The van der Waals surface area contributed by atoms with Gasteiger partial charge in [0.2, 0.25) is 5.91 Å². The van der Waals surface area contributed by atoms with Crippen LogP contribution in [0, 0.1) is 0 Å². The second-order valence-corrected chi connectivity index (χ2v) is 6.87. The molecular formula is C21H22F3N3O4. The van der Waals surface area contributed by atoms with Crippen LogP contribution in [0.1, 0.15) is 12.5 Å². The number of hydrogen-bond acceptors (Lipinski definition) is 5. The number of anilines is 3. The predicted octanol–water partition coefficient (Wildman–Crippen LogP) is 3.52. The van der Waals surface area contributed by atoms with E-state index in [0.717, 1.165) is 12.1 Å². The molecule has 2 aromatic carbocycles. The maximum atomic E-state index is 13.2. The number of alkyl halides is 3.